The highest BCUT2D eigenvalue weighted by Gasteiger charge is 2.29. The fourth-order valence-electron chi connectivity index (χ4n) is 7.20. The molecular formula is C47H95N2O7P. The number of nitrogens with zero attached hydrogens (tertiary/aromatic N) is 1. The van der Waals surface area contributed by atoms with Gasteiger partial charge in [-0.2, -0.15) is 0 Å². The van der Waals surface area contributed by atoms with Crippen LogP contribution >= 0.6 is 7.82 Å². The molecule has 0 spiro atoms. The standard InChI is InChI=1S/C47H95N2O7P/c1-6-8-10-12-14-16-18-20-21-22-23-24-25-26-27-28-30-32-34-36-38-40-46(51)48-44(43-56-57(53,54)55-42-41-49(3,4)5)47(52)45(50)39-37-35-33-31-29-19-17-15-13-11-9-7-2/h31,33,44-45,47,50,52H,6-30,32,34-43H2,1-5H3,(H-,48,51,53,54)/b33-31+. The van der Waals surface area contributed by atoms with Gasteiger partial charge in [0.15, 0.2) is 0 Å². The van der Waals surface area contributed by atoms with E-state index in [2.05, 4.69) is 31.3 Å². The molecule has 0 saturated carbocycles. The van der Waals surface area contributed by atoms with Crippen molar-refractivity contribution < 1.29 is 38.0 Å². The van der Waals surface area contributed by atoms with E-state index in [1.54, 1.807) is 0 Å². The lowest BCUT2D eigenvalue weighted by Gasteiger charge is -2.31. The van der Waals surface area contributed by atoms with Crippen LogP contribution < -0.4 is 10.2 Å². The molecule has 0 aliphatic carbocycles. The van der Waals surface area contributed by atoms with Crippen LogP contribution in [0.1, 0.15) is 226 Å². The summed E-state index contributed by atoms with van der Waals surface area (Å²) < 4.78 is 23.2. The lowest BCUT2D eigenvalue weighted by molar-refractivity contribution is -0.870. The minimum absolute atomic E-state index is 0.0432. The van der Waals surface area contributed by atoms with Crippen LogP contribution in [-0.2, 0) is 18.4 Å². The van der Waals surface area contributed by atoms with Crippen molar-refractivity contribution >= 4 is 13.7 Å². The Labute approximate surface area is 353 Å². The van der Waals surface area contributed by atoms with E-state index in [1.807, 2.05) is 21.1 Å². The van der Waals surface area contributed by atoms with E-state index < -0.39 is 32.7 Å². The van der Waals surface area contributed by atoms with Crippen molar-refractivity contribution in [1.82, 2.24) is 5.32 Å². The van der Waals surface area contributed by atoms with E-state index in [0.29, 0.717) is 23.9 Å². The van der Waals surface area contributed by atoms with Gasteiger partial charge in [0.05, 0.1) is 39.9 Å². The van der Waals surface area contributed by atoms with Gasteiger partial charge in [0, 0.05) is 6.42 Å². The molecule has 3 N–H and O–H groups in total. The number of unbranched alkanes of at least 4 members (excludes halogenated alkanes) is 28. The number of quaternary nitrogens is 1. The first-order valence-corrected chi connectivity index (χ1v) is 25.6. The van der Waals surface area contributed by atoms with Crippen molar-refractivity contribution in [2.24, 2.45) is 0 Å². The number of nitrogens with one attached hydrogen (secondary N) is 1. The molecule has 10 heteroatoms. The van der Waals surface area contributed by atoms with Gasteiger partial charge in [-0.3, -0.25) is 9.36 Å². The van der Waals surface area contributed by atoms with Crippen LogP contribution in [0.2, 0.25) is 0 Å². The van der Waals surface area contributed by atoms with Gasteiger partial charge < -0.3 is 34.0 Å². The Morgan fingerprint density at radius 3 is 1.42 bits per heavy atom. The Morgan fingerprint density at radius 1 is 0.614 bits per heavy atom. The number of likely N-dealkylation sites (N-methyl/N-ethyl adjacent to an activating group) is 1. The number of rotatable bonds is 44. The fraction of sp³-hybridized carbons (Fsp3) is 0.936. The van der Waals surface area contributed by atoms with Crippen molar-refractivity contribution in [3.63, 3.8) is 0 Å². The van der Waals surface area contributed by atoms with Crippen molar-refractivity contribution in [1.29, 1.82) is 0 Å². The van der Waals surface area contributed by atoms with Gasteiger partial charge in [0.1, 0.15) is 19.3 Å². The Kier molecular flexibility index (Phi) is 38.8. The second kappa shape index (κ2) is 39.3. The zero-order chi connectivity index (χ0) is 42.3. The maximum atomic E-state index is 12.9. The van der Waals surface area contributed by atoms with Crippen molar-refractivity contribution in [2.75, 3.05) is 40.9 Å². The Bertz CT molecular complexity index is 961. The van der Waals surface area contributed by atoms with E-state index >= 15 is 0 Å². The summed E-state index contributed by atoms with van der Waals surface area (Å²) in [6.45, 7) is 4.43. The van der Waals surface area contributed by atoms with Crippen LogP contribution in [0.4, 0.5) is 0 Å². The summed E-state index contributed by atoms with van der Waals surface area (Å²) in [5.41, 5.74) is 0. The third kappa shape index (κ3) is 40.4. The van der Waals surface area contributed by atoms with E-state index in [9.17, 15) is 24.5 Å². The maximum absolute atomic E-state index is 12.9. The lowest BCUT2D eigenvalue weighted by Crippen LogP contribution is -2.51. The first-order chi connectivity index (χ1) is 27.4. The van der Waals surface area contributed by atoms with E-state index in [1.165, 1.54) is 161 Å². The molecule has 0 radical (unpaired) electrons. The molecular weight excluding hydrogens is 735 g/mol. The summed E-state index contributed by atoms with van der Waals surface area (Å²) in [7, 11) is 1.12. The Morgan fingerprint density at radius 2 is 1.00 bits per heavy atom. The molecule has 0 aromatic rings. The highest BCUT2D eigenvalue weighted by atomic mass is 31.2. The smallest absolute Gasteiger partial charge is 0.268 e. The van der Waals surface area contributed by atoms with Crippen LogP contribution in [0.3, 0.4) is 0 Å². The molecule has 0 aromatic carbocycles. The van der Waals surface area contributed by atoms with E-state index in [0.717, 1.165) is 32.1 Å². The molecule has 57 heavy (non-hydrogen) atoms. The summed E-state index contributed by atoms with van der Waals surface area (Å²) >= 11 is 0. The SMILES string of the molecule is CCCCCCCCC/C=C/CCCC(O)C(O)C(COP(=O)([O-])OCC[N+](C)(C)C)NC(=O)CCCCCCCCCCCCCCCCCCCCCCC. The molecule has 0 aliphatic heterocycles. The number of hydrogen-bond acceptors (Lipinski definition) is 7. The average Bonchev–Trinajstić information content (AvgIpc) is 3.16. The zero-order valence-electron chi connectivity index (χ0n) is 38.2. The molecule has 0 heterocycles. The second-order valence-electron chi connectivity index (χ2n) is 18.0. The first-order valence-electron chi connectivity index (χ1n) is 24.1. The minimum Gasteiger partial charge on any atom is -0.756 e. The Balaban J connectivity index is 4.36. The summed E-state index contributed by atoms with van der Waals surface area (Å²) in [5, 5.41) is 24.6. The summed E-state index contributed by atoms with van der Waals surface area (Å²) in [4.78, 5) is 25.4. The highest BCUT2D eigenvalue weighted by molar-refractivity contribution is 7.45. The maximum Gasteiger partial charge on any atom is 0.268 e. The topological polar surface area (TPSA) is 128 Å². The normalized spacial score (nSPS) is 14.9. The quantitative estimate of drug-likeness (QED) is 0.0241. The van der Waals surface area contributed by atoms with Crippen molar-refractivity contribution in [3.8, 4) is 0 Å². The molecule has 340 valence electrons. The summed E-state index contributed by atoms with van der Waals surface area (Å²) in [5.74, 6) is -0.285. The van der Waals surface area contributed by atoms with E-state index in [-0.39, 0.29) is 18.9 Å². The first kappa shape index (κ1) is 56.2. The molecule has 0 aliphatic rings. The average molecular weight is 831 g/mol. The van der Waals surface area contributed by atoms with Gasteiger partial charge >= 0.3 is 0 Å². The predicted octanol–water partition coefficient (Wildman–Crippen LogP) is 11.9. The molecule has 9 nitrogen and oxygen atoms in total. The molecule has 0 bridgehead atoms. The molecule has 0 fully saturated rings. The third-order valence-electron chi connectivity index (χ3n) is 11.1. The molecule has 0 rings (SSSR count). The van der Waals surface area contributed by atoms with Crippen LogP contribution in [0.5, 0.6) is 0 Å². The van der Waals surface area contributed by atoms with Gasteiger partial charge in [-0.05, 0) is 38.5 Å². The lowest BCUT2D eigenvalue weighted by atomic mass is 10.0. The summed E-state index contributed by atoms with van der Waals surface area (Å²) in [6, 6.07) is -1.08. The van der Waals surface area contributed by atoms with Crippen LogP contribution in [0.25, 0.3) is 0 Å². The second-order valence-corrected chi connectivity index (χ2v) is 19.4. The van der Waals surface area contributed by atoms with Gasteiger partial charge in [-0.25, -0.2) is 0 Å². The number of phosphoric ester groups is 1. The number of aliphatic hydroxyl groups is 2. The number of hydrogen-bond donors (Lipinski definition) is 3. The minimum atomic E-state index is -4.67. The largest absolute Gasteiger partial charge is 0.756 e. The molecule has 4 atom stereocenters. The van der Waals surface area contributed by atoms with Gasteiger partial charge in [-0.1, -0.05) is 193 Å². The molecule has 0 aromatic heterocycles. The number of allylic oxidation sites excluding steroid dienone is 2. The monoisotopic (exact) mass is 831 g/mol. The number of carbonyl (C=O) groups excluding carboxylic acids is 1. The molecule has 0 saturated heterocycles. The number of phosphoric acid groups is 1. The van der Waals surface area contributed by atoms with Gasteiger partial charge in [0.25, 0.3) is 7.82 Å². The Hall–Kier alpha value is -0.800. The number of carbonyl (C=O) groups is 1. The zero-order valence-corrected chi connectivity index (χ0v) is 39.1. The van der Waals surface area contributed by atoms with Crippen LogP contribution in [0, 0.1) is 0 Å². The third-order valence-corrected chi connectivity index (χ3v) is 12.1. The van der Waals surface area contributed by atoms with Gasteiger partial charge in [0.2, 0.25) is 5.91 Å². The number of amides is 1. The van der Waals surface area contributed by atoms with Crippen LogP contribution in [-0.4, -0.2) is 79.8 Å². The van der Waals surface area contributed by atoms with Crippen molar-refractivity contribution in [2.45, 2.75) is 244 Å². The van der Waals surface area contributed by atoms with Crippen molar-refractivity contribution in [3.05, 3.63) is 12.2 Å². The van der Waals surface area contributed by atoms with E-state index in [4.69, 9.17) is 9.05 Å². The highest BCUT2D eigenvalue weighted by Crippen LogP contribution is 2.38. The van der Waals surface area contributed by atoms with Gasteiger partial charge in [-0.15, -0.1) is 0 Å². The molecule has 1 amide bonds. The fourth-order valence-corrected chi connectivity index (χ4v) is 7.92. The van der Waals surface area contributed by atoms with Crippen LogP contribution in [0.15, 0.2) is 12.2 Å². The number of aliphatic hydroxyl groups excluding tert-OH is 2. The predicted molar refractivity (Wildman–Crippen MR) is 239 cm³/mol. The summed E-state index contributed by atoms with van der Waals surface area (Å²) in [6.07, 6.45) is 41.2. The molecule has 4 unspecified atom stereocenters.